The Labute approximate surface area is 79.1 Å². The van der Waals surface area contributed by atoms with Gasteiger partial charge in [-0.25, -0.2) is 0 Å². The number of aliphatic carboxylic acids is 2. The van der Waals surface area contributed by atoms with Gasteiger partial charge in [-0.2, -0.15) is 0 Å². The maximum Gasteiger partial charge on any atom is 0.326 e. The Morgan fingerprint density at radius 1 is 1.33 bits per heavy atom. The first kappa shape index (κ1) is 11.5. The van der Waals surface area contributed by atoms with Gasteiger partial charge in [0.2, 0.25) is 0 Å². The van der Waals surface area contributed by atoms with Crippen molar-refractivity contribution in [3.05, 3.63) is 0 Å². The Morgan fingerprint density at radius 3 is 2.08 bits per heavy atom. The van der Waals surface area contributed by atoms with E-state index in [-0.39, 0.29) is 18.7 Å². The van der Waals surface area contributed by atoms with E-state index in [9.17, 15) is 9.59 Å². The first-order chi connectivity index (χ1) is 5.42. The molecule has 0 saturated carbocycles. The molecule has 2 N–H and O–H groups in total. The highest BCUT2D eigenvalue weighted by Gasteiger charge is 2.35. The molecule has 0 aromatic heterocycles. The molecule has 0 aliphatic heterocycles. The predicted octanol–water partition coefficient (Wildman–Crippen LogP) is 1.15. The Balaban J connectivity index is 4.15. The zero-order chi connectivity index (χ0) is 9.78. The predicted molar refractivity (Wildman–Crippen MR) is 43.8 cm³/mol. The third-order valence-corrected chi connectivity index (χ3v) is 2.41. The lowest BCUT2D eigenvalue weighted by molar-refractivity contribution is -0.140. The molecule has 0 rings (SSSR count). The number of halogens is 2. The molecule has 1 unspecified atom stereocenters. The van der Waals surface area contributed by atoms with Crippen LogP contribution in [-0.4, -0.2) is 32.9 Å². The van der Waals surface area contributed by atoms with E-state index in [1.807, 2.05) is 0 Å². The molecule has 1 atom stereocenters. The normalized spacial score (nSPS) is 15.2. The Hall–Kier alpha value is -0.480. The molecule has 0 aromatic rings. The molecular weight excluding hydrogens is 207 g/mol. The number of rotatable bonds is 5. The van der Waals surface area contributed by atoms with Crippen LogP contribution in [0, 0.1) is 0 Å². The van der Waals surface area contributed by atoms with Gasteiger partial charge in [-0.1, -0.05) is 0 Å². The van der Waals surface area contributed by atoms with Crippen molar-refractivity contribution in [2.24, 2.45) is 0 Å². The van der Waals surface area contributed by atoms with Gasteiger partial charge in [0, 0.05) is 6.42 Å². The van der Waals surface area contributed by atoms with E-state index < -0.39 is 16.8 Å². The summed E-state index contributed by atoms with van der Waals surface area (Å²) in [6.45, 7) is 0. The van der Waals surface area contributed by atoms with Crippen molar-refractivity contribution >= 4 is 35.1 Å². The van der Waals surface area contributed by atoms with E-state index >= 15 is 0 Å². The summed E-state index contributed by atoms with van der Waals surface area (Å²) in [5, 5.41) is 16.8. The number of carboxylic acids is 2. The maximum atomic E-state index is 10.5. The number of hydrogen-bond donors (Lipinski definition) is 2. The van der Waals surface area contributed by atoms with Gasteiger partial charge in [-0.05, 0) is 6.42 Å². The fourth-order valence-corrected chi connectivity index (χ4v) is 0.878. The van der Waals surface area contributed by atoms with Crippen molar-refractivity contribution in [2.45, 2.75) is 17.7 Å². The van der Waals surface area contributed by atoms with Crippen molar-refractivity contribution < 1.29 is 19.8 Å². The number of carboxylic acid groups (broad SMARTS) is 2. The van der Waals surface area contributed by atoms with Crippen LogP contribution in [-0.2, 0) is 9.59 Å². The molecule has 4 nitrogen and oxygen atoms in total. The fourth-order valence-electron chi connectivity index (χ4n) is 0.536. The summed E-state index contributed by atoms with van der Waals surface area (Å²) < 4.78 is 0. The second kappa shape index (κ2) is 4.52. The first-order valence-corrected chi connectivity index (χ1v) is 4.03. The Kier molecular flexibility index (Phi) is 4.34. The number of hydrogen-bond acceptors (Lipinski definition) is 2. The largest absolute Gasteiger partial charge is 0.481 e. The minimum Gasteiger partial charge on any atom is -0.481 e. The summed E-state index contributed by atoms with van der Waals surface area (Å²) in [4.78, 5) is 18.9. The average molecular weight is 215 g/mol. The van der Waals surface area contributed by atoms with Crippen LogP contribution in [0.25, 0.3) is 0 Å². The smallest absolute Gasteiger partial charge is 0.326 e. The molecule has 0 saturated heterocycles. The van der Waals surface area contributed by atoms with Crippen LogP contribution in [0.1, 0.15) is 12.8 Å². The number of alkyl halides is 2. The van der Waals surface area contributed by atoms with E-state index in [1.165, 1.54) is 0 Å². The van der Waals surface area contributed by atoms with Gasteiger partial charge in [-0.3, -0.25) is 9.59 Å². The molecule has 12 heavy (non-hydrogen) atoms. The minimum absolute atomic E-state index is 0.178. The summed E-state index contributed by atoms with van der Waals surface area (Å²) in [5.74, 6) is -2.69. The topological polar surface area (TPSA) is 74.6 Å². The van der Waals surface area contributed by atoms with E-state index in [0.29, 0.717) is 0 Å². The maximum absolute atomic E-state index is 10.5. The van der Waals surface area contributed by atoms with Crippen LogP contribution in [0.5, 0.6) is 0 Å². The average Bonchev–Trinajstić information content (AvgIpc) is 1.99. The van der Waals surface area contributed by atoms with Crippen molar-refractivity contribution in [2.75, 3.05) is 5.88 Å². The lowest BCUT2D eigenvalue weighted by Gasteiger charge is -2.17. The molecule has 0 aromatic carbocycles. The molecule has 0 aliphatic rings. The summed E-state index contributed by atoms with van der Waals surface area (Å²) in [6, 6.07) is 0. The van der Waals surface area contributed by atoms with Crippen LogP contribution in [0.2, 0.25) is 0 Å². The van der Waals surface area contributed by atoms with Gasteiger partial charge in [0.05, 0.1) is 5.88 Å². The van der Waals surface area contributed by atoms with Crippen LogP contribution in [0.4, 0.5) is 0 Å². The summed E-state index contributed by atoms with van der Waals surface area (Å²) in [7, 11) is 0. The van der Waals surface area contributed by atoms with Gasteiger partial charge < -0.3 is 10.2 Å². The molecule has 0 amide bonds. The van der Waals surface area contributed by atoms with E-state index in [2.05, 4.69) is 0 Å². The molecular formula is C6H8Cl2O4. The van der Waals surface area contributed by atoms with Crippen LogP contribution in [0.3, 0.4) is 0 Å². The zero-order valence-corrected chi connectivity index (χ0v) is 7.60. The lowest BCUT2D eigenvalue weighted by Crippen LogP contribution is -2.34. The second-order valence-electron chi connectivity index (χ2n) is 2.30. The number of carbonyl (C=O) groups is 2. The fraction of sp³-hybridized carbons (Fsp3) is 0.667. The van der Waals surface area contributed by atoms with Gasteiger partial charge in [-0.15, -0.1) is 23.2 Å². The molecule has 0 heterocycles. The highest BCUT2D eigenvalue weighted by atomic mass is 35.5. The van der Waals surface area contributed by atoms with Gasteiger partial charge in [0.15, 0.2) is 4.87 Å². The van der Waals surface area contributed by atoms with Crippen molar-refractivity contribution in [1.82, 2.24) is 0 Å². The minimum atomic E-state index is -1.65. The molecule has 0 bridgehead atoms. The quantitative estimate of drug-likeness (QED) is 0.674. The first-order valence-electron chi connectivity index (χ1n) is 3.12. The van der Waals surface area contributed by atoms with Crippen LogP contribution >= 0.6 is 23.2 Å². The molecule has 0 spiro atoms. The van der Waals surface area contributed by atoms with Crippen molar-refractivity contribution in [3.63, 3.8) is 0 Å². The van der Waals surface area contributed by atoms with Crippen molar-refractivity contribution in [1.29, 1.82) is 0 Å². The van der Waals surface area contributed by atoms with E-state index in [1.54, 1.807) is 0 Å². The second-order valence-corrected chi connectivity index (χ2v) is 3.29. The Bertz CT molecular complexity index is 194. The Morgan fingerprint density at radius 2 is 1.83 bits per heavy atom. The van der Waals surface area contributed by atoms with E-state index in [4.69, 9.17) is 33.4 Å². The molecule has 0 radical (unpaired) electrons. The monoisotopic (exact) mass is 214 g/mol. The van der Waals surface area contributed by atoms with Crippen molar-refractivity contribution in [3.8, 4) is 0 Å². The third kappa shape index (κ3) is 3.28. The van der Waals surface area contributed by atoms with Gasteiger partial charge in [0.1, 0.15) is 0 Å². The SMILES string of the molecule is O=C(O)CCC(Cl)(CCl)C(=O)O. The zero-order valence-electron chi connectivity index (χ0n) is 6.09. The molecule has 0 fully saturated rings. The van der Waals surface area contributed by atoms with Gasteiger partial charge in [0.25, 0.3) is 0 Å². The van der Waals surface area contributed by atoms with E-state index in [0.717, 1.165) is 0 Å². The third-order valence-electron chi connectivity index (χ3n) is 1.33. The molecule has 70 valence electrons. The summed E-state index contributed by atoms with van der Waals surface area (Å²) >= 11 is 10.8. The highest BCUT2D eigenvalue weighted by molar-refractivity contribution is 6.38. The van der Waals surface area contributed by atoms with Gasteiger partial charge >= 0.3 is 11.9 Å². The van der Waals surface area contributed by atoms with Crippen LogP contribution < -0.4 is 0 Å². The molecule has 0 aliphatic carbocycles. The standard InChI is InChI=1S/C6H8Cl2O4/c7-3-6(8,5(11)12)2-1-4(9)10/h1-3H2,(H,9,10)(H,11,12). The highest BCUT2D eigenvalue weighted by Crippen LogP contribution is 2.23. The molecule has 6 heteroatoms. The lowest BCUT2D eigenvalue weighted by atomic mass is 10.1. The van der Waals surface area contributed by atoms with Crippen LogP contribution in [0.15, 0.2) is 0 Å². The summed E-state index contributed by atoms with van der Waals surface area (Å²) in [5.41, 5.74) is 0. The summed E-state index contributed by atoms with van der Waals surface area (Å²) in [6.07, 6.45) is -0.481.